The lowest BCUT2D eigenvalue weighted by atomic mass is 10.1. The van der Waals surface area contributed by atoms with Gasteiger partial charge in [-0.15, -0.1) is 0 Å². The molecule has 1 atom stereocenters. The summed E-state index contributed by atoms with van der Waals surface area (Å²) in [4.78, 5) is 36.8. The Labute approximate surface area is 144 Å². The van der Waals surface area contributed by atoms with Crippen LogP contribution < -0.4 is 16.4 Å². The Morgan fingerprint density at radius 3 is 2.44 bits per heavy atom. The summed E-state index contributed by atoms with van der Waals surface area (Å²) in [6.45, 7) is 0.718. The zero-order valence-corrected chi connectivity index (χ0v) is 13.4. The minimum atomic E-state index is -0.655. The molecule has 1 saturated heterocycles. The average Bonchev–Trinajstić information content (AvgIpc) is 3.20. The lowest BCUT2D eigenvalue weighted by Gasteiger charge is -2.15. The minimum absolute atomic E-state index is 0.0717. The first-order chi connectivity index (χ1) is 12.0. The molecule has 1 aliphatic heterocycles. The molecule has 0 spiro atoms. The number of primary amides is 1. The fourth-order valence-electron chi connectivity index (χ4n) is 2.71. The molecule has 8 heteroatoms. The molecule has 8 nitrogen and oxygen atoms in total. The Morgan fingerprint density at radius 2 is 1.84 bits per heavy atom. The van der Waals surface area contributed by atoms with Crippen LogP contribution in [-0.4, -0.2) is 29.3 Å². The lowest BCUT2D eigenvalue weighted by Crippen LogP contribution is -2.27. The molecule has 3 rings (SSSR count). The Morgan fingerprint density at radius 1 is 1.16 bits per heavy atom. The molecule has 0 aliphatic carbocycles. The predicted molar refractivity (Wildman–Crippen MR) is 90.5 cm³/mol. The van der Waals surface area contributed by atoms with Gasteiger partial charge in [-0.25, -0.2) is 4.79 Å². The maximum Gasteiger partial charge on any atom is 0.316 e. The van der Waals surface area contributed by atoms with Crippen LogP contribution in [0.5, 0.6) is 0 Å². The van der Waals surface area contributed by atoms with Gasteiger partial charge in [-0.05, 0) is 36.4 Å². The van der Waals surface area contributed by atoms with E-state index in [1.165, 1.54) is 0 Å². The Bertz CT molecular complexity index is 770. The molecule has 2 aromatic rings. The number of nitrogens with one attached hydrogen (secondary N) is 2. The highest BCUT2D eigenvalue weighted by Gasteiger charge is 2.34. The van der Waals surface area contributed by atoms with Gasteiger partial charge in [-0.2, -0.15) is 0 Å². The smallest absolute Gasteiger partial charge is 0.316 e. The molecule has 130 valence electrons. The maximum absolute atomic E-state index is 12.4. The van der Waals surface area contributed by atoms with Crippen molar-refractivity contribution < 1.29 is 18.8 Å². The van der Waals surface area contributed by atoms with E-state index in [9.17, 15) is 14.4 Å². The lowest BCUT2D eigenvalue weighted by molar-refractivity contribution is -0.128. The number of carbonyl (C=O) groups is 3. The van der Waals surface area contributed by atoms with Crippen molar-refractivity contribution in [2.24, 2.45) is 11.7 Å². The van der Waals surface area contributed by atoms with Crippen LogP contribution >= 0.6 is 0 Å². The van der Waals surface area contributed by atoms with Crippen molar-refractivity contribution in [1.29, 1.82) is 0 Å². The van der Waals surface area contributed by atoms with Crippen LogP contribution in [0.4, 0.5) is 16.2 Å². The summed E-state index contributed by atoms with van der Waals surface area (Å²) >= 11 is 0. The molecule has 1 unspecified atom stereocenters. The number of nitrogens with zero attached hydrogens (tertiary/aromatic N) is 1. The second kappa shape index (κ2) is 7.08. The Kier molecular flexibility index (Phi) is 4.69. The van der Waals surface area contributed by atoms with Gasteiger partial charge in [0.05, 0.1) is 18.7 Å². The zero-order chi connectivity index (χ0) is 17.8. The van der Waals surface area contributed by atoms with E-state index in [-0.39, 0.29) is 18.2 Å². The molecule has 1 aliphatic rings. The van der Waals surface area contributed by atoms with Gasteiger partial charge in [0.2, 0.25) is 11.8 Å². The number of nitrogens with two attached hydrogens (primary N) is 1. The summed E-state index contributed by atoms with van der Waals surface area (Å²) in [6, 6.07) is 9.46. The first-order valence-corrected chi connectivity index (χ1v) is 7.79. The van der Waals surface area contributed by atoms with E-state index >= 15 is 0 Å². The predicted octanol–water partition coefficient (Wildman–Crippen LogP) is 1.76. The van der Waals surface area contributed by atoms with Crippen LogP contribution in [0.1, 0.15) is 12.2 Å². The Hall–Kier alpha value is -3.29. The molecule has 0 saturated carbocycles. The number of rotatable bonds is 5. The van der Waals surface area contributed by atoms with E-state index in [4.69, 9.17) is 10.2 Å². The first kappa shape index (κ1) is 16.6. The number of carbonyl (C=O) groups excluding carboxylic acids is 3. The van der Waals surface area contributed by atoms with Crippen LogP contribution in [0.15, 0.2) is 47.1 Å². The van der Waals surface area contributed by atoms with E-state index in [0.717, 1.165) is 0 Å². The van der Waals surface area contributed by atoms with Crippen molar-refractivity contribution in [1.82, 2.24) is 4.90 Å². The van der Waals surface area contributed by atoms with Gasteiger partial charge in [0.25, 0.3) is 0 Å². The normalized spacial score (nSPS) is 16.7. The van der Waals surface area contributed by atoms with Crippen LogP contribution in [0.2, 0.25) is 0 Å². The highest BCUT2D eigenvalue weighted by atomic mass is 16.3. The number of hydrogen-bond donors (Lipinski definition) is 3. The molecular formula is C17H18N4O4. The number of likely N-dealkylation sites (tertiary alicyclic amines) is 1. The molecular weight excluding hydrogens is 324 g/mol. The summed E-state index contributed by atoms with van der Waals surface area (Å²) in [6.07, 6.45) is 1.73. The summed E-state index contributed by atoms with van der Waals surface area (Å²) in [7, 11) is 0. The van der Waals surface area contributed by atoms with E-state index in [1.807, 2.05) is 0 Å². The summed E-state index contributed by atoms with van der Waals surface area (Å²) in [5.41, 5.74) is 6.15. The third-order valence-electron chi connectivity index (χ3n) is 3.93. The summed E-state index contributed by atoms with van der Waals surface area (Å²) in [5, 5.41) is 5.22. The summed E-state index contributed by atoms with van der Waals surface area (Å²) < 4.78 is 5.24. The van der Waals surface area contributed by atoms with Crippen LogP contribution in [0, 0.1) is 5.92 Å². The monoisotopic (exact) mass is 342 g/mol. The van der Waals surface area contributed by atoms with Gasteiger partial charge in [0.15, 0.2) is 0 Å². The fourth-order valence-corrected chi connectivity index (χ4v) is 2.71. The van der Waals surface area contributed by atoms with Crippen molar-refractivity contribution in [3.05, 3.63) is 48.4 Å². The van der Waals surface area contributed by atoms with Crippen molar-refractivity contribution in [3.63, 3.8) is 0 Å². The largest absolute Gasteiger partial charge is 0.467 e. The molecule has 1 aromatic carbocycles. The van der Waals surface area contributed by atoms with Gasteiger partial charge in [0.1, 0.15) is 5.76 Å². The minimum Gasteiger partial charge on any atom is -0.467 e. The quantitative estimate of drug-likeness (QED) is 0.767. The van der Waals surface area contributed by atoms with E-state index in [0.29, 0.717) is 30.2 Å². The van der Waals surface area contributed by atoms with Crippen LogP contribution in [0.25, 0.3) is 0 Å². The van der Waals surface area contributed by atoms with E-state index < -0.39 is 11.9 Å². The first-order valence-electron chi connectivity index (χ1n) is 7.79. The van der Waals surface area contributed by atoms with E-state index in [1.54, 1.807) is 47.6 Å². The SMILES string of the molecule is NC(=O)Nc1ccc(NC(=O)C2CC(=O)N(Cc3ccco3)C2)cc1. The Balaban J connectivity index is 1.56. The molecule has 1 fully saturated rings. The van der Waals surface area contributed by atoms with Crippen molar-refractivity contribution >= 4 is 29.2 Å². The standard InChI is InChI=1S/C17H18N4O4/c18-17(24)20-13-5-3-12(4-6-13)19-16(23)11-8-15(22)21(9-11)10-14-2-1-7-25-14/h1-7,11H,8-10H2,(H,19,23)(H3,18,20,24). The molecule has 4 N–H and O–H groups in total. The second-order valence-electron chi connectivity index (χ2n) is 5.81. The van der Waals surface area contributed by atoms with Crippen molar-refractivity contribution in [3.8, 4) is 0 Å². The molecule has 0 bridgehead atoms. The molecule has 2 heterocycles. The highest BCUT2D eigenvalue weighted by Crippen LogP contribution is 2.22. The number of amides is 4. The summed E-state index contributed by atoms with van der Waals surface area (Å²) in [5.74, 6) is -0.0127. The third-order valence-corrected chi connectivity index (χ3v) is 3.93. The molecule has 0 radical (unpaired) electrons. The number of furan rings is 1. The zero-order valence-electron chi connectivity index (χ0n) is 13.4. The number of benzene rings is 1. The number of urea groups is 1. The molecule has 1 aromatic heterocycles. The molecule has 25 heavy (non-hydrogen) atoms. The number of anilines is 2. The van der Waals surface area contributed by atoms with Crippen molar-refractivity contribution in [2.45, 2.75) is 13.0 Å². The topological polar surface area (TPSA) is 118 Å². The van der Waals surface area contributed by atoms with Gasteiger partial charge >= 0.3 is 6.03 Å². The van der Waals surface area contributed by atoms with Crippen LogP contribution in [-0.2, 0) is 16.1 Å². The van der Waals surface area contributed by atoms with E-state index in [2.05, 4.69) is 10.6 Å². The average molecular weight is 342 g/mol. The number of hydrogen-bond acceptors (Lipinski definition) is 4. The molecule has 4 amide bonds. The highest BCUT2D eigenvalue weighted by molar-refractivity contribution is 5.97. The van der Waals surface area contributed by atoms with Gasteiger partial charge < -0.3 is 25.7 Å². The second-order valence-corrected chi connectivity index (χ2v) is 5.81. The van der Waals surface area contributed by atoms with Gasteiger partial charge in [0, 0.05) is 24.3 Å². The third kappa shape index (κ3) is 4.17. The van der Waals surface area contributed by atoms with Gasteiger partial charge in [-0.3, -0.25) is 9.59 Å². The van der Waals surface area contributed by atoms with Crippen LogP contribution in [0.3, 0.4) is 0 Å². The maximum atomic E-state index is 12.4. The van der Waals surface area contributed by atoms with Crippen molar-refractivity contribution in [2.75, 3.05) is 17.2 Å². The van der Waals surface area contributed by atoms with Gasteiger partial charge in [-0.1, -0.05) is 0 Å². The fraction of sp³-hybridized carbons (Fsp3) is 0.235.